The molecule has 0 amide bonds. The Balaban J connectivity index is 2.46. The molecule has 0 nitrogen and oxygen atoms in total. The molecule has 0 bridgehead atoms. The molecule has 0 saturated carbocycles. The third-order valence-electron chi connectivity index (χ3n) is 3.36. The fourth-order valence-electron chi connectivity index (χ4n) is 2.29. The van der Waals surface area contributed by atoms with Crippen LogP contribution in [0.3, 0.4) is 0 Å². The zero-order chi connectivity index (χ0) is 13.7. The third kappa shape index (κ3) is 3.35. The van der Waals surface area contributed by atoms with E-state index in [0.29, 0.717) is 5.92 Å². The summed E-state index contributed by atoms with van der Waals surface area (Å²) in [6, 6.07) is 19.5. The second-order valence-electron chi connectivity index (χ2n) is 5.17. The topological polar surface area (TPSA) is 0 Å². The maximum absolute atomic E-state index is 2.32. The summed E-state index contributed by atoms with van der Waals surface area (Å²) in [5.74, 6) is 0.568. The van der Waals surface area contributed by atoms with Crippen molar-refractivity contribution in [2.45, 2.75) is 33.1 Å². The first-order valence-electron chi connectivity index (χ1n) is 7.08. The van der Waals surface area contributed by atoms with Crippen LogP contribution in [0.25, 0.3) is 5.57 Å². The fourth-order valence-corrected chi connectivity index (χ4v) is 2.29. The van der Waals surface area contributed by atoms with Gasteiger partial charge in [0.1, 0.15) is 0 Å². The Bertz CT molecular complexity index is 547. The molecule has 0 heterocycles. The van der Waals surface area contributed by atoms with Crippen molar-refractivity contribution in [3.8, 4) is 0 Å². The van der Waals surface area contributed by atoms with Gasteiger partial charge in [-0.3, -0.25) is 0 Å². The van der Waals surface area contributed by atoms with Crippen molar-refractivity contribution in [2.24, 2.45) is 0 Å². The number of benzene rings is 2. The zero-order valence-corrected chi connectivity index (χ0v) is 12.1. The maximum Gasteiger partial charge on any atom is -0.0151 e. The molecule has 2 aromatic rings. The second-order valence-corrected chi connectivity index (χ2v) is 5.17. The third-order valence-corrected chi connectivity index (χ3v) is 3.36. The zero-order valence-electron chi connectivity index (χ0n) is 12.1. The lowest BCUT2D eigenvalue weighted by molar-refractivity contribution is 0.866. The Hall–Kier alpha value is -1.82. The molecule has 0 N–H and O–H groups in total. The molecule has 0 spiro atoms. The van der Waals surface area contributed by atoms with Crippen molar-refractivity contribution in [3.63, 3.8) is 0 Å². The molecule has 0 unspecified atom stereocenters. The normalized spacial score (nSPS) is 11.9. The monoisotopic (exact) mass is 250 g/mol. The minimum atomic E-state index is 0.568. The van der Waals surface area contributed by atoms with E-state index in [9.17, 15) is 0 Å². The van der Waals surface area contributed by atoms with E-state index in [-0.39, 0.29) is 0 Å². The van der Waals surface area contributed by atoms with Crippen LogP contribution in [0.2, 0.25) is 0 Å². The summed E-state index contributed by atoms with van der Waals surface area (Å²) in [7, 11) is 0. The van der Waals surface area contributed by atoms with Gasteiger partial charge in [-0.15, -0.1) is 0 Å². The van der Waals surface area contributed by atoms with Gasteiger partial charge in [-0.25, -0.2) is 0 Å². The minimum Gasteiger partial charge on any atom is -0.0763 e. The molecule has 0 radical (unpaired) electrons. The van der Waals surface area contributed by atoms with E-state index in [1.165, 1.54) is 22.3 Å². The van der Waals surface area contributed by atoms with Crippen LogP contribution in [0, 0.1) is 0 Å². The lowest BCUT2D eigenvalue weighted by Crippen LogP contribution is -1.92. The van der Waals surface area contributed by atoms with Crippen molar-refractivity contribution < 1.29 is 0 Å². The highest BCUT2D eigenvalue weighted by Gasteiger charge is 2.06. The van der Waals surface area contributed by atoms with Crippen LogP contribution < -0.4 is 0 Å². The van der Waals surface area contributed by atoms with Crippen LogP contribution >= 0.6 is 0 Å². The number of hydrogen-bond donors (Lipinski definition) is 0. The van der Waals surface area contributed by atoms with Crippen LogP contribution in [0.1, 0.15) is 49.8 Å². The van der Waals surface area contributed by atoms with E-state index in [0.717, 1.165) is 6.42 Å². The highest BCUT2D eigenvalue weighted by Crippen LogP contribution is 2.26. The molecular weight excluding hydrogens is 228 g/mol. The fraction of sp³-hybridized carbons (Fsp3) is 0.263. The van der Waals surface area contributed by atoms with Crippen LogP contribution in [-0.4, -0.2) is 0 Å². The molecule has 0 fully saturated rings. The van der Waals surface area contributed by atoms with Crippen molar-refractivity contribution in [1.82, 2.24) is 0 Å². The first-order chi connectivity index (χ1) is 9.22. The van der Waals surface area contributed by atoms with E-state index in [1.54, 1.807) is 0 Å². The smallest absolute Gasteiger partial charge is 0.0151 e. The summed E-state index contributed by atoms with van der Waals surface area (Å²) in [5, 5.41) is 0. The number of hydrogen-bond acceptors (Lipinski definition) is 0. The van der Waals surface area contributed by atoms with Gasteiger partial charge >= 0.3 is 0 Å². The van der Waals surface area contributed by atoms with Crippen LogP contribution in [0.5, 0.6) is 0 Å². The van der Waals surface area contributed by atoms with Crippen LogP contribution in [0.4, 0.5) is 0 Å². The lowest BCUT2D eigenvalue weighted by Gasteiger charge is -2.12. The second kappa shape index (κ2) is 6.38. The average molecular weight is 250 g/mol. The van der Waals surface area contributed by atoms with E-state index < -0.39 is 0 Å². The first kappa shape index (κ1) is 13.6. The van der Waals surface area contributed by atoms with Crippen molar-refractivity contribution in [1.29, 1.82) is 0 Å². The highest BCUT2D eigenvalue weighted by molar-refractivity contribution is 5.80. The predicted octanol–water partition coefficient (Wildman–Crippen LogP) is 5.65. The molecule has 0 aromatic heterocycles. The van der Waals surface area contributed by atoms with Gasteiger partial charge in [0.25, 0.3) is 0 Å². The lowest BCUT2D eigenvalue weighted by atomic mass is 9.93. The van der Waals surface area contributed by atoms with Crippen LogP contribution in [0.15, 0.2) is 60.7 Å². The van der Waals surface area contributed by atoms with Gasteiger partial charge in [-0.2, -0.15) is 0 Å². The van der Waals surface area contributed by atoms with Crippen LogP contribution in [-0.2, 0) is 0 Å². The minimum absolute atomic E-state index is 0.568. The molecule has 0 aliphatic rings. The Morgan fingerprint density at radius 2 is 1.63 bits per heavy atom. The van der Waals surface area contributed by atoms with Crippen molar-refractivity contribution >= 4 is 5.57 Å². The summed E-state index contributed by atoms with van der Waals surface area (Å²) in [6.07, 6.45) is 3.37. The Kier molecular flexibility index (Phi) is 4.57. The maximum atomic E-state index is 2.32. The largest absolute Gasteiger partial charge is 0.0763 e. The van der Waals surface area contributed by atoms with E-state index in [2.05, 4.69) is 81.4 Å². The summed E-state index contributed by atoms with van der Waals surface area (Å²) < 4.78 is 0. The molecule has 19 heavy (non-hydrogen) atoms. The van der Waals surface area contributed by atoms with E-state index in [4.69, 9.17) is 0 Å². The highest BCUT2D eigenvalue weighted by atomic mass is 14.1. The average Bonchev–Trinajstić information content (AvgIpc) is 2.46. The van der Waals surface area contributed by atoms with Gasteiger partial charge < -0.3 is 0 Å². The first-order valence-corrected chi connectivity index (χ1v) is 7.08. The van der Waals surface area contributed by atoms with Gasteiger partial charge in [-0.05, 0) is 34.6 Å². The molecule has 0 heteroatoms. The summed E-state index contributed by atoms with van der Waals surface area (Å²) in [4.78, 5) is 0. The van der Waals surface area contributed by atoms with Gasteiger partial charge in [0.2, 0.25) is 0 Å². The van der Waals surface area contributed by atoms with Crippen molar-refractivity contribution in [3.05, 3.63) is 77.4 Å². The molecule has 0 saturated heterocycles. The molecule has 98 valence electrons. The van der Waals surface area contributed by atoms with Crippen molar-refractivity contribution in [2.75, 3.05) is 0 Å². The van der Waals surface area contributed by atoms with Gasteiger partial charge in [0.05, 0.1) is 0 Å². The summed E-state index contributed by atoms with van der Waals surface area (Å²) in [5.41, 5.74) is 5.35. The Morgan fingerprint density at radius 3 is 2.26 bits per heavy atom. The quantitative estimate of drug-likeness (QED) is 0.657. The van der Waals surface area contributed by atoms with E-state index in [1.807, 2.05) is 0 Å². The molecule has 2 aromatic carbocycles. The Morgan fingerprint density at radius 1 is 0.947 bits per heavy atom. The van der Waals surface area contributed by atoms with E-state index >= 15 is 0 Å². The van der Waals surface area contributed by atoms with Gasteiger partial charge in [-0.1, -0.05) is 81.4 Å². The molecule has 0 aliphatic carbocycles. The Labute approximate surface area is 116 Å². The number of allylic oxidation sites excluding steroid dienone is 1. The molecular formula is C19H22. The van der Waals surface area contributed by atoms with Gasteiger partial charge in [0.15, 0.2) is 0 Å². The standard InChI is InChI=1S/C19H22/c1-4-9-19(16-10-6-5-7-11-16)18-13-8-12-17(14-18)15(2)3/h5-15H,4H2,1-3H3/b19-9+. The summed E-state index contributed by atoms with van der Waals surface area (Å²) >= 11 is 0. The molecule has 2 rings (SSSR count). The number of rotatable bonds is 4. The SMILES string of the molecule is CC/C=C(\c1ccccc1)c1cccc(C(C)C)c1. The molecule has 0 aliphatic heterocycles. The van der Waals surface area contributed by atoms with Gasteiger partial charge in [0, 0.05) is 0 Å². The molecule has 0 atom stereocenters. The predicted molar refractivity (Wildman–Crippen MR) is 84.3 cm³/mol. The summed E-state index contributed by atoms with van der Waals surface area (Å²) in [6.45, 7) is 6.67.